The molecule has 0 unspecified atom stereocenters. The van der Waals surface area contributed by atoms with Crippen LogP contribution in [0.1, 0.15) is 239 Å². The molecule has 0 amide bonds. The molecule has 0 rings (SSSR count). The molecule has 8 nitrogen and oxygen atoms in total. The van der Waals surface area contributed by atoms with Gasteiger partial charge in [-0.05, 0) is 38.5 Å². The normalized spacial score (nSPS) is 12.5. The van der Waals surface area contributed by atoms with Crippen LogP contribution in [-0.2, 0) is 28.2 Å². The van der Waals surface area contributed by atoms with Crippen LogP contribution in [0.3, 0.4) is 0 Å². The molecule has 1 atom stereocenters. The van der Waals surface area contributed by atoms with Crippen LogP contribution in [0, 0.1) is 0 Å². The molecule has 0 spiro atoms. The lowest BCUT2D eigenvalue weighted by atomic mass is 10.0. The molecule has 0 fully saturated rings. The second-order valence-electron chi connectivity index (χ2n) is 15.4. The molecule has 0 radical (unpaired) electrons. The van der Waals surface area contributed by atoms with Gasteiger partial charge in [0, 0.05) is 12.8 Å². The maximum Gasteiger partial charge on any atom is 0.469 e. The summed E-state index contributed by atoms with van der Waals surface area (Å²) in [5, 5.41) is 0. The first-order valence-electron chi connectivity index (χ1n) is 22.5. The number of carbonyl (C=O) groups is 2. The smallest absolute Gasteiger partial charge is 0.462 e. The molecule has 0 aromatic rings. The van der Waals surface area contributed by atoms with E-state index in [1.54, 1.807) is 0 Å². The van der Waals surface area contributed by atoms with Crippen molar-refractivity contribution < 1.29 is 37.9 Å². The Morgan fingerprint density at radius 1 is 0.472 bits per heavy atom. The minimum Gasteiger partial charge on any atom is -0.462 e. The van der Waals surface area contributed by atoms with Crippen molar-refractivity contribution in [2.45, 2.75) is 245 Å². The summed E-state index contributed by atoms with van der Waals surface area (Å²) in [4.78, 5) is 42.9. The van der Waals surface area contributed by atoms with Gasteiger partial charge >= 0.3 is 19.8 Å². The number of ether oxygens (including phenoxy) is 2. The van der Waals surface area contributed by atoms with E-state index < -0.39 is 32.5 Å². The Morgan fingerprint density at radius 2 is 0.792 bits per heavy atom. The van der Waals surface area contributed by atoms with E-state index in [2.05, 4.69) is 30.5 Å². The predicted octanol–water partition coefficient (Wildman–Crippen LogP) is 13.8. The van der Waals surface area contributed by atoms with Gasteiger partial charge in [-0.1, -0.05) is 199 Å². The summed E-state index contributed by atoms with van der Waals surface area (Å²) in [6, 6.07) is 0. The quantitative estimate of drug-likeness (QED) is 0.0272. The van der Waals surface area contributed by atoms with Crippen molar-refractivity contribution in [3.8, 4) is 0 Å². The van der Waals surface area contributed by atoms with Crippen LogP contribution >= 0.6 is 7.82 Å². The van der Waals surface area contributed by atoms with Crippen LogP contribution in [0.25, 0.3) is 0 Å². The van der Waals surface area contributed by atoms with Crippen LogP contribution in [0.2, 0.25) is 0 Å². The number of hydrogen-bond acceptors (Lipinski definition) is 6. The third kappa shape index (κ3) is 43.4. The zero-order valence-electron chi connectivity index (χ0n) is 34.7. The number of unbranched alkanes of at least 4 members (excludes halogenated alkanes) is 30. The highest BCUT2D eigenvalue weighted by Gasteiger charge is 2.23. The van der Waals surface area contributed by atoms with E-state index in [9.17, 15) is 14.2 Å². The van der Waals surface area contributed by atoms with Gasteiger partial charge in [0.05, 0.1) is 6.61 Å². The van der Waals surface area contributed by atoms with E-state index >= 15 is 0 Å². The Morgan fingerprint density at radius 3 is 1.15 bits per heavy atom. The monoisotopic (exact) mass is 773 g/mol. The van der Waals surface area contributed by atoms with Gasteiger partial charge in [-0.25, -0.2) is 4.57 Å². The average Bonchev–Trinajstić information content (AvgIpc) is 3.13. The van der Waals surface area contributed by atoms with E-state index in [-0.39, 0.29) is 19.4 Å². The lowest BCUT2D eigenvalue weighted by Crippen LogP contribution is -2.29. The zero-order chi connectivity index (χ0) is 38.9. The van der Waals surface area contributed by atoms with E-state index in [1.807, 2.05) is 0 Å². The van der Waals surface area contributed by atoms with Crippen molar-refractivity contribution in [3.63, 3.8) is 0 Å². The molecular weight excluding hydrogens is 687 g/mol. The molecule has 0 aromatic carbocycles. The maximum atomic E-state index is 12.4. The second kappa shape index (κ2) is 40.5. The van der Waals surface area contributed by atoms with Crippen molar-refractivity contribution in [3.05, 3.63) is 12.2 Å². The first-order valence-corrected chi connectivity index (χ1v) is 24.0. The molecule has 53 heavy (non-hydrogen) atoms. The summed E-state index contributed by atoms with van der Waals surface area (Å²) in [6.07, 6.45) is 45.1. The fourth-order valence-electron chi connectivity index (χ4n) is 6.66. The van der Waals surface area contributed by atoms with Gasteiger partial charge in [0.15, 0.2) is 6.10 Å². The number of esters is 2. The van der Waals surface area contributed by atoms with Gasteiger partial charge in [0.2, 0.25) is 0 Å². The minimum atomic E-state index is -4.75. The van der Waals surface area contributed by atoms with Gasteiger partial charge in [0.1, 0.15) is 6.61 Å². The highest BCUT2D eigenvalue weighted by Crippen LogP contribution is 2.36. The largest absolute Gasteiger partial charge is 0.469 e. The molecule has 0 saturated carbocycles. The molecule has 0 aliphatic heterocycles. The first kappa shape index (κ1) is 51.8. The summed E-state index contributed by atoms with van der Waals surface area (Å²) in [5.41, 5.74) is 0. The highest BCUT2D eigenvalue weighted by atomic mass is 31.2. The lowest BCUT2D eigenvalue weighted by molar-refractivity contribution is -0.161. The van der Waals surface area contributed by atoms with Gasteiger partial charge in [-0.2, -0.15) is 0 Å². The predicted molar refractivity (Wildman–Crippen MR) is 221 cm³/mol. The van der Waals surface area contributed by atoms with Crippen molar-refractivity contribution in [1.29, 1.82) is 0 Å². The standard InChI is InChI=1S/C44H85O8P/c1-3-5-7-9-11-13-15-17-19-20-21-22-23-25-27-29-31-33-35-37-39-44(46)52-42(41-51-53(47,48)49)40-50-43(45)38-36-34-32-30-28-26-24-18-16-14-12-10-8-6-4-2/h18,24,42H,3-17,19-23,25-41H2,1-2H3,(H2,47,48,49)/b24-18+/t42-/m1/s1. The van der Waals surface area contributed by atoms with Gasteiger partial charge in [0.25, 0.3) is 0 Å². The summed E-state index contributed by atoms with van der Waals surface area (Å²) in [5.74, 6) is -0.881. The highest BCUT2D eigenvalue weighted by molar-refractivity contribution is 7.46. The number of phosphoric ester groups is 1. The fraction of sp³-hybridized carbons (Fsp3) is 0.909. The maximum absolute atomic E-state index is 12.4. The van der Waals surface area contributed by atoms with Crippen molar-refractivity contribution in [1.82, 2.24) is 0 Å². The SMILES string of the molecule is CCCCCCCC/C=C/CCCCCCCC(=O)OC[C@H](COP(=O)(O)O)OC(=O)CCCCCCCCCCCCCCCCCCCCCC. The topological polar surface area (TPSA) is 119 Å². The molecule has 0 aliphatic rings. The van der Waals surface area contributed by atoms with Crippen molar-refractivity contribution in [2.75, 3.05) is 13.2 Å². The Bertz CT molecular complexity index is 873. The van der Waals surface area contributed by atoms with Crippen LogP contribution < -0.4 is 0 Å². The van der Waals surface area contributed by atoms with E-state index in [0.29, 0.717) is 6.42 Å². The number of allylic oxidation sites excluding steroid dienone is 2. The summed E-state index contributed by atoms with van der Waals surface area (Å²) in [7, 11) is -4.75. The number of rotatable bonds is 42. The molecule has 2 N–H and O–H groups in total. The summed E-state index contributed by atoms with van der Waals surface area (Å²) < 4.78 is 26.4. The Labute approximate surface area is 327 Å². The van der Waals surface area contributed by atoms with Crippen molar-refractivity contribution >= 4 is 19.8 Å². The Balaban J connectivity index is 3.84. The zero-order valence-corrected chi connectivity index (χ0v) is 35.6. The molecular formula is C44H85O8P. The van der Waals surface area contributed by atoms with Crippen LogP contribution in [0.4, 0.5) is 0 Å². The summed E-state index contributed by atoms with van der Waals surface area (Å²) in [6.45, 7) is 3.71. The van der Waals surface area contributed by atoms with Gasteiger partial charge in [-0.15, -0.1) is 0 Å². The number of phosphoric acid groups is 1. The first-order chi connectivity index (χ1) is 25.8. The fourth-order valence-corrected chi connectivity index (χ4v) is 7.02. The molecule has 0 bridgehead atoms. The lowest BCUT2D eigenvalue weighted by Gasteiger charge is -2.18. The van der Waals surface area contributed by atoms with E-state index in [0.717, 1.165) is 51.4 Å². The second-order valence-corrected chi connectivity index (χ2v) is 16.6. The van der Waals surface area contributed by atoms with Gasteiger partial charge in [-0.3, -0.25) is 14.1 Å². The third-order valence-electron chi connectivity index (χ3n) is 10.0. The van der Waals surface area contributed by atoms with Crippen LogP contribution in [-0.4, -0.2) is 41.0 Å². The number of hydrogen-bond donors (Lipinski definition) is 2. The van der Waals surface area contributed by atoms with Crippen LogP contribution in [0.5, 0.6) is 0 Å². The van der Waals surface area contributed by atoms with Crippen LogP contribution in [0.15, 0.2) is 12.2 Å². The molecule has 0 aromatic heterocycles. The molecule has 0 saturated heterocycles. The molecule has 314 valence electrons. The summed E-state index contributed by atoms with van der Waals surface area (Å²) >= 11 is 0. The van der Waals surface area contributed by atoms with Gasteiger partial charge < -0.3 is 19.3 Å². The molecule has 9 heteroatoms. The van der Waals surface area contributed by atoms with Crippen molar-refractivity contribution in [2.24, 2.45) is 0 Å². The average molecular weight is 773 g/mol. The third-order valence-corrected chi connectivity index (χ3v) is 10.5. The Hall–Kier alpha value is -1.21. The Kier molecular flexibility index (Phi) is 39.5. The minimum absolute atomic E-state index is 0.217. The molecule has 0 aliphatic carbocycles. The van der Waals surface area contributed by atoms with E-state index in [1.165, 1.54) is 154 Å². The number of carbonyl (C=O) groups excluding carboxylic acids is 2. The molecule has 0 heterocycles. The van der Waals surface area contributed by atoms with E-state index in [4.69, 9.17) is 19.3 Å².